The van der Waals surface area contributed by atoms with Gasteiger partial charge in [0.2, 0.25) is 0 Å². The second kappa shape index (κ2) is 6.60. The summed E-state index contributed by atoms with van der Waals surface area (Å²) in [5, 5.41) is 0. The van der Waals surface area contributed by atoms with Gasteiger partial charge in [-0.15, -0.1) is 0 Å². The zero-order chi connectivity index (χ0) is 12.8. The Balaban J connectivity index is 2.01. The molecule has 2 heteroatoms. The summed E-state index contributed by atoms with van der Waals surface area (Å²) < 4.78 is 5.71. The van der Waals surface area contributed by atoms with Crippen LogP contribution in [0.2, 0.25) is 0 Å². The topological polar surface area (TPSA) is 12.5 Å². The third-order valence-electron chi connectivity index (χ3n) is 3.46. The lowest BCUT2D eigenvalue weighted by Crippen LogP contribution is -2.33. The van der Waals surface area contributed by atoms with E-state index in [2.05, 4.69) is 30.5 Å². The molecule has 2 rings (SSSR count). The second-order valence-corrected chi connectivity index (χ2v) is 5.19. The maximum atomic E-state index is 5.71. The van der Waals surface area contributed by atoms with Crippen LogP contribution in [0.3, 0.4) is 0 Å². The van der Waals surface area contributed by atoms with E-state index in [4.69, 9.17) is 4.74 Å². The number of para-hydroxylation sites is 1. The van der Waals surface area contributed by atoms with Crippen LogP contribution in [-0.2, 0) is 6.54 Å². The molecule has 0 aromatic heterocycles. The molecule has 0 amide bonds. The summed E-state index contributed by atoms with van der Waals surface area (Å²) in [5.41, 5.74) is 1.29. The number of nitrogens with zero attached hydrogens (tertiary/aromatic N) is 1. The molecule has 2 nitrogen and oxygen atoms in total. The number of benzene rings is 1. The van der Waals surface area contributed by atoms with Crippen LogP contribution < -0.4 is 4.74 Å². The van der Waals surface area contributed by atoms with Crippen molar-refractivity contribution in [1.29, 1.82) is 0 Å². The number of ether oxygens (including phenoxy) is 1. The summed E-state index contributed by atoms with van der Waals surface area (Å²) in [7, 11) is 0. The van der Waals surface area contributed by atoms with Gasteiger partial charge in [-0.1, -0.05) is 37.8 Å². The molecule has 98 valence electrons. The van der Waals surface area contributed by atoms with Gasteiger partial charge < -0.3 is 4.74 Å². The van der Waals surface area contributed by atoms with Gasteiger partial charge in [-0.25, -0.2) is 0 Å². The minimum absolute atomic E-state index is 0.577. The molecule has 0 radical (unpaired) electrons. The Morgan fingerprint density at radius 3 is 3.06 bits per heavy atom. The smallest absolute Gasteiger partial charge is 0.124 e. The van der Waals surface area contributed by atoms with Crippen molar-refractivity contribution in [2.75, 3.05) is 19.7 Å². The molecule has 0 N–H and O–H groups in total. The van der Waals surface area contributed by atoms with Gasteiger partial charge in [0, 0.05) is 18.7 Å². The normalized spacial score (nSPS) is 20.6. The van der Waals surface area contributed by atoms with E-state index in [0.29, 0.717) is 6.61 Å². The fraction of sp³-hybridized carbons (Fsp3) is 0.500. The molecule has 1 atom stereocenters. The lowest BCUT2D eigenvalue weighted by molar-refractivity contribution is 0.174. The molecule has 0 spiro atoms. The van der Waals surface area contributed by atoms with Crippen LogP contribution in [0.5, 0.6) is 5.75 Å². The zero-order valence-electron chi connectivity index (χ0n) is 11.3. The summed E-state index contributed by atoms with van der Waals surface area (Å²) in [6.45, 7) is 10.0. The minimum Gasteiger partial charge on any atom is -0.489 e. The molecule has 18 heavy (non-hydrogen) atoms. The highest BCUT2D eigenvalue weighted by molar-refractivity contribution is 5.33. The predicted octanol–water partition coefficient (Wildman–Crippen LogP) is 3.48. The van der Waals surface area contributed by atoms with Gasteiger partial charge in [0.15, 0.2) is 0 Å². The van der Waals surface area contributed by atoms with Gasteiger partial charge in [-0.2, -0.15) is 0 Å². The average molecular weight is 245 g/mol. The zero-order valence-corrected chi connectivity index (χ0v) is 11.3. The van der Waals surface area contributed by atoms with Gasteiger partial charge in [0.05, 0.1) is 0 Å². The molecule has 0 bridgehead atoms. The molecule has 0 aliphatic carbocycles. The Morgan fingerprint density at radius 2 is 2.28 bits per heavy atom. The Labute approximate surface area is 110 Å². The van der Waals surface area contributed by atoms with Crippen LogP contribution in [0.4, 0.5) is 0 Å². The maximum absolute atomic E-state index is 5.71. The van der Waals surface area contributed by atoms with Crippen molar-refractivity contribution in [2.24, 2.45) is 5.92 Å². The van der Waals surface area contributed by atoms with E-state index in [1.807, 2.05) is 12.1 Å². The fourth-order valence-electron chi connectivity index (χ4n) is 2.60. The van der Waals surface area contributed by atoms with Crippen molar-refractivity contribution in [1.82, 2.24) is 4.90 Å². The van der Waals surface area contributed by atoms with E-state index in [1.54, 1.807) is 6.08 Å². The van der Waals surface area contributed by atoms with Crippen LogP contribution in [0, 0.1) is 5.92 Å². The van der Waals surface area contributed by atoms with E-state index in [9.17, 15) is 0 Å². The lowest BCUT2D eigenvalue weighted by atomic mass is 10.00. The first-order valence-corrected chi connectivity index (χ1v) is 6.83. The van der Waals surface area contributed by atoms with Crippen molar-refractivity contribution in [3.63, 3.8) is 0 Å². The molecule has 1 heterocycles. The minimum atomic E-state index is 0.577. The van der Waals surface area contributed by atoms with E-state index < -0.39 is 0 Å². The number of piperidine rings is 1. The highest BCUT2D eigenvalue weighted by Crippen LogP contribution is 2.23. The largest absolute Gasteiger partial charge is 0.489 e. The van der Waals surface area contributed by atoms with Gasteiger partial charge >= 0.3 is 0 Å². The van der Waals surface area contributed by atoms with Crippen LogP contribution in [0.15, 0.2) is 36.9 Å². The molecule has 1 aromatic rings. The molecule has 0 saturated carbocycles. The van der Waals surface area contributed by atoms with Crippen molar-refractivity contribution in [2.45, 2.75) is 26.3 Å². The van der Waals surface area contributed by atoms with Crippen molar-refractivity contribution < 1.29 is 4.74 Å². The van der Waals surface area contributed by atoms with E-state index in [-0.39, 0.29) is 0 Å². The van der Waals surface area contributed by atoms with Crippen LogP contribution in [-0.4, -0.2) is 24.6 Å². The Bertz CT molecular complexity index is 388. The fourth-order valence-corrected chi connectivity index (χ4v) is 2.60. The SMILES string of the molecule is C=CCOc1ccccc1CN1CCC[C@@H](C)C1. The van der Waals surface area contributed by atoms with Gasteiger partial charge in [-0.3, -0.25) is 4.90 Å². The number of hydrogen-bond acceptors (Lipinski definition) is 2. The first-order valence-electron chi connectivity index (χ1n) is 6.83. The summed E-state index contributed by atoms with van der Waals surface area (Å²) in [5.74, 6) is 1.82. The Hall–Kier alpha value is -1.28. The van der Waals surface area contributed by atoms with Gasteiger partial charge in [-0.05, 0) is 31.4 Å². The molecule has 1 aromatic carbocycles. The van der Waals surface area contributed by atoms with Crippen molar-refractivity contribution in [3.8, 4) is 5.75 Å². The highest BCUT2D eigenvalue weighted by Gasteiger charge is 2.17. The van der Waals surface area contributed by atoms with Crippen LogP contribution in [0.25, 0.3) is 0 Å². The third-order valence-corrected chi connectivity index (χ3v) is 3.46. The van der Waals surface area contributed by atoms with Gasteiger partial charge in [0.25, 0.3) is 0 Å². The van der Waals surface area contributed by atoms with Crippen molar-refractivity contribution >= 4 is 0 Å². The monoisotopic (exact) mass is 245 g/mol. The first-order chi connectivity index (χ1) is 8.79. The van der Waals surface area contributed by atoms with Crippen LogP contribution >= 0.6 is 0 Å². The average Bonchev–Trinajstić information content (AvgIpc) is 2.38. The Morgan fingerprint density at radius 1 is 1.44 bits per heavy atom. The predicted molar refractivity (Wildman–Crippen MR) is 75.8 cm³/mol. The molecular formula is C16H23NO. The van der Waals surface area contributed by atoms with Crippen molar-refractivity contribution in [3.05, 3.63) is 42.5 Å². The molecule has 1 aliphatic heterocycles. The Kier molecular flexibility index (Phi) is 4.82. The quantitative estimate of drug-likeness (QED) is 0.736. The molecule has 1 aliphatic rings. The summed E-state index contributed by atoms with van der Waals surface area (Å²) in [6, 6.07) is 8.33. The van der Waals surface area contributed by atoms with E-state index in [1.165, 1.54) is 31.5 Å². The highest BCUT2D eigenvalue weighted by atomic mass is 16.5. The molecule has 1 saturated heterocycles. The summed E-state index contributed by atoms with van der Waals surface area (Å²) >= 11 is 0. The number of rotatable bonds is 5. The molecule has 0 unspecified atom stereocenters. The standard InChI is InChI=1S/C16H23NO/c1-3-11-18-16-9-5-4-8-15(16)13-17-10-6-7-14(2)12-17/h3-5,8-9,14H,1,6-7,10-13H2,2H3/t14-/m1/s1. The second-order valence-electron chi connectivity index (χ2n) is 5.19. The number of hydrogen-bond donors (Lipinski definition) is 0. The lowest BCUT2D eigenvalue weighted by Gasteiger charge is -2.31. The molecular weight excluding hydrogens is 222 g/mol. The van der Waals surface area contributed by atoms with E-state index in [0.717, 1.165) is 18.2 Å². The first kappa shape index (κ1) is 13.2. The third kappa shape index (κ3) is 3.61. The summed E-state index contributed by atoms with van der Waals surface area (Å²) in [6.07, 6.45) is 4.47. The van der Waals surface area contributed by atoms with Gasteiger partial charge in [0.1, 0.15) is 12.4 Å². The summed E-state index contributed by atoms with van der Waals surface area (Å²) in [4.78, 5) is 2.53. The van der Waals surface area contributed by atoms with E-state index >= 15 is 0 Å². The number of likely N-dealkylation sites (tertiary alicyclic amines) is 1. The molecule has 1 fully saturated rings. The maximum Gasteiger partial charge on any atom is 0.124 e. The van der Waals surface area contributed by atoms with Crippen LogP contribution in [0.1, 0.15) is 25.3 Å².